The number of hydrogen-bond acceptors (Lipinski definition) is 5. The summed E-state index contributed by atoms with van der Waals surface area (Å²) in [5, 5.41) is 12.7. The van der Waals surface area contributed by atoms with Crippen molar-refractivity contribution in [2.24, 2.45) is 0 Å². The number of rotatable bonds is 5. The van der Waals surface area contributed by atoms with Gasteiger partial charge in [-0.3, -0.25) is 4.79 Å². The molecule has 6 heteroatoms. The van der Waals surface area contributed by atoms with Crippen LogP contribution in [0.5, 0.6) is 0 Å². The molecule has 1 saturated heterocycles. The third-order valence-electron chi connectivity index (χ3n) is 3.12. The SMILES string of the molecule is O=c1cc(NCCCN2CCC[C@H](O)C2)nc[nH]1. The second-order valence-electron chi connectivity index (χ2n) is 4.67. The van der Waals surface area contributed by atoms with E-state index in [9.17, 15) is 9.90 Å². The van der Waals surface area contributed by atoms with Crippen LogP contribution >= 0.6 is 0 Å². The van der Waals surface area contributed by atoms with Gasteiger partial charge >= 0.3 is 0 Å². The second-order valence-corrected chi connectivity index (χ2v) is 4.67. The number of aromatic nitrogens is 2. The Kier molecular flexibility index (Phi) is 4.72. The quantitative estimate of drug-likeness (QED) is 0.644. The Bertz CT molecular complexity index is 421. The minimum Gasteiger partial charge on any atom is -0.392 e. The monoisotopic (exact) mass is 252 g/mol. The van der Waals surface area contributed by atoms with Crippen LogP contribution in [0.1, 0.15) is 19.3 Å². The number of H-pyrrole nitrogens is 1. The second kappa shape index (κ2) is 6.51. The molecule has 0 saturated carbocycles. The molecule has 1 aliphatic rings. The Balaban J connectivity index is 1.65. The highest BCUT2D eigenvalue weighted by atomic mass is 16.3. The first-order valence-corrected chi connectivity index (χ1v) is 6.43. The predicted molar refractivity (Wildman–Crippen MR) is 69.6 cm³/mol. The number of β-amino-alcohol motifs (C(OH)–C–C–N with tert-alkyl or cyclic N) is 1. The third-order valence-corrected chi connectivity index (χ3v) is 3.12. The van der Waals surface area contributed by atoms with Gasteiger partial charge in [0.25, 0.3) is 5.56 Å². The molecule has 1 aliphatic heterocycles. The van der Waals surface area contributed by atoms with Crippen LogP contribution in [0.4, 0.5) is 5.82 Å². The molecule has 0 aromatic carbocycles. The van der Waals surface area contributed by atoms with Crippen molar-refractivity contribution in [3.8, 4) is 0 Å². The lowest BCUT2D eigenvalue weighted by molar-refractivity contribution is 0.0706. The number of hydrogen-bond donors (Lipinski definition) is 3. The summed E-state index contributed by atoms with van der Waals surface area (Å²) in [6.07, 6.45) is 4.20. The van der Waals surface area contributed by atoms with Crippen molar-refractivity contribution >= 4 is 5.82 Å². The van der Waals surface area contributed by atoms with E-state index in [-0.39, 0.29) is 11.7 Å². The smallest absolute Gasteiger partial charge is 0.252 e. The van der Waals surface area contributed by atoms with Gasteiger partial charge in [-0.05, 0) is 32.4 Å². The first kappa shape index (κ1) is 13.0. The Hall–Kier alpha value is -1.40. The largest absolute Gasteiger partial charge is 0.392 e. The molecule has 1 fully saturated rings. The average Bonchev–Trinajstić information content (AvgIpc) is 2.35. The predicted octanol–water partition coefficient (Wildman–Crippen LogP) is 0.0286. The molecule has 1 aromatic rings. The van der Waals surface area contributed by atoms with Crippen molar-refractivity contribution in [3.63, 3.8) is 0 Å². The van der Waals surface area contributed by atoms with Gasteiger partial charge < -0.3 is 20.3 Å². The first-order chi connectivity index (χ1) is 8.74. The number of aromatic amines is 1. The van der Waals surface area contributed by atoms with Crippen LogP contribution < -0.4 is 10.9 Å². The van der Waals surface area contributed by atoms with Gasteiger partial charge in [0.05, 0.1) is 12.4 Å². The van der Waals surface area contributed by atoms with Crippen molar-refractivity contribution in [1.29, 1.82) is 0 Å². The molecule has 0 bridgehead atoms. The van der Waals surface area contributed by atoms with Crippen LogP contribution in [-0.4, -0.2) is 52.3 Å². The standard InChI is InChI=1S/C12H20N4O2/c17-10-3-1-5-16(8-10)6-2-4-13-11-7-12(18)15-9-14-11/h7,9-10,17H,1-6,8H2,(H2,13,14,15,18)/t10-/m0/s1. The summed E-state index contributed by atoms with van der Waals surface area (Å²) < 4.78 is 0. The number of anilines is 1. The molecule has 1 aromatic heterocycles. The van der Waals surface area contributed by atoms with E-state index in [4.69, 9.17) is 0 Å². The summed E-state index contributed by atoms with van der Waals surface area (Å²) >= 11 is 0. The van der Waals surface area contributed by atoms with Gasteiger partial charge in [0.1, 0.15) is 5.82 Å². The highest BCUT2D eigenvalue weighted by Crippen LogP contribution is 2.09. The summed E-state index contributed by atoms with van der Waals surface area (Å²) in [5.41, 5.74) is -0.147. The van der Waals surface area contributed by atoms with Gasteiger partial charge in [-0.15, -0.1) is 0 Å². The van der Waals surface area contributed by atoms with E-state index in [1.54, 1.807) is 0 Å². The minimum absolute atomic E-state index is 0.147. The van der Waals surface area contributed by atoms with Crippen molar-refractivity contribution in [2.45, 2.75) is 25.4 Å². The number of nitrogens with one attached hydrogen (secondary N) is 2. The van der Waals surface area contributed by atoms with Gasteiger partial charge in [-0.2, -0.15) is 0 Å². The van der Waals surface area contributed by atoms with E-state index >= 15 is 0 Å². The number of nitrogens with zero attached hydrogens (tertiary/aromatic N) is 2. The van der Waals surface area contributed by atoms with E-state index in [1.807, 2.05) is 0 Å². The highest BCUT2D eigenvalue weighted by molar-refractivity contribution is 5.31. The maximum atomic E-state index is 11.0. The zero-order chi connectivity index (χ0) is 12.8. The molecular weight excluding hydrogens is 232 g/mol. The van der Waals surface area contributed by atoms with Gasteiger partial charge in [-0.25, -0.2) is 4.98 Å². The van der Waals surface area contributed by atoms with E-state index in [1.165, 1.54) is 12.4 Å². The molecule has 0 radical (unpaired) electrons. The summed E-state index contributed by atoms with van der Waals surface area (Å²) in [7, 11) is 0. The Morgan fingerprint density at radius 2 is 2.50 bits per heavy atom. The lowest BCUT2D eigenvalue weighted by Gasteiger charge is -2.29. The molecule has 100 valence electrons. The molecule has 1 atom stereocenters. The highest BCUT2D eigenvalue weighted by Gasteiger charge is 2.16. The topological polar surface area (TPSA) is 81.2 Å². The molecule has 0 unspecified atom stereocenters. The molecule has 0 amide bonds. The molecule has 0 aliphatic carbocycles. The normalized spacial score (nSPS) is 20.8. The summed E-state index contributed by atoms with van der Waals surface area (Å²) in [5.74, 6) is 0.609. The molecule has 6 nitrogen and oxygen atoms in total. The zero-order valence-corrected chi connectivity index (χ0v) is 10.4. The van der Waals surface area contributed by atoms with Crippen molar-refractivity contribution in [3.05, 3.63) is 22.7 Å². The van der Waals surface area contributed by atoms with Crippen LogP contribution in [0.15, 0.2) is 17.2 Å². The molecule has 2 heterocycles. The molecule has 0 spiro atoms. The fourth-order valence-electron chi connectivity index (χ4n) is 2.22. The summed E-state index contributed by atoms with van der Waals surface area (Å²) in [6, 6.07) is 1.45. The lowest BCUT2D eigenvalue weighted by atomic mass is 10.1. The Morgan fingerprint density at radius 3 is 3.28 bits per heavy atom. The van der Waals surface area contributed by atoms with Crippen LogP contribution in [0.3, 0.4) is 0 Å². The molecule has 3 N–H and O–H groups in total. The Labute approximate surface area is 106 Å². The fourth-order valence-corrected chi connectivity index (χ4v) is 2.22. The average molecular weight is 252 g/mol. The number of aliphatic hydroxyl groups excluding tert-OH is 1. The number of piperidine rings is 1. The molecule has 18 heavy (non-hydrogen) atoms. The van der Waals surface area contributed by atoms with Crippen molar-refractivity contribution in [1.82, 2.24) is 14.9 Å². The van der Waals surface area contributed by atoms with Gasteiger partial charge in [-0.1, -0.05) is 0 Å². The summed E-state index contributed by atoms with van der Waals surface area (Å²) in [6.45, 7) is 3.60. The van der Waals surface area contributed by atoms with Crippen LogP contribution in [0.2, 0.25) is 0 Å². The van der Waals surface area contributed by atoms with Crippen LogP contribution in [0, 0.1) is 0 Å². The summed E-state index contributed by atoms with van der Waals surface area (Å²) in [4.78, 5) is 19.8. The third kappa shape index (κ3) is 4.12. The Morgan fingerprint density at radius 1 is 1.61 bits per heavy atom. The maximum Gasteiger partial charge on any atom is 0.252 e. The van der Waals surface area contributed by atoms with Crippen molar-refractivity contribution in [2.75, 3.05) is 31.5 Å². The zero-order valence-electron chi connectivity index (χ0n) is 10.4. The molecular formula is C12H20N4O2. The fraction of sp³-hybridized carbons (Fsp3) is 0.667. The van der Waals surface area contributed by atoms with Crippen LogP contribution in [-0.2, 0) is 0 Å². The van der Waals surface area contributed by atoms with E-state index in [0.717, 1.165) is 45.4 Å². The minimum atomic E-state index is -0.166. The molecule has 2 rings (SSSR count). The van der Waals surface area contributed by atoms with E-state index in [2.05, 4.69) is 20.2 Å². The van der Waals surface area contributed by atoms with Gasteiger partial charge in [0.15, 0.2) is 0 Å². The lowest BCUT2D eigenvalue weighted by Crippen LogP contribution is -2.39. The van der Waals surface area contributed by atoms with E-state index < -0.39 is 0 Å². The van der Waals surface area contributed by atoms with Crippen LogP contribution in [0.25, 0.3) is 0 Å². The maximum absolute atomic E-state index is 11.0. The first-order valence-electron chi connectivity index (χ1n) is 6.43. The number of likely N-dealkylation sites (tertiary alicyclic amines) is 1. The van der Waals surface area contributed by atoms with Crippen molar-refractivity contribution < 1.29 is 5.11 Å². The van der Waals surface area contributed by atoms with Gasteiger partial charge in [0.2, 0.25) is 0 Å². The van der Waals surface area contributed by atoms with Gasteiger partial charge in [0, 0.05) is 19.2 Å². The van der Waals surface area contributed by atoms with E-state index in [0.29, 0.717) is 5.82 Å². The number of aliphatic hydroxyl groups is 1.